The first-order valence-corrected chi connectivity index (χ1v) is 11.1. The van der Waals surface area contributed by atoms with E-state index in [0.717, 1.165) is 18.7 Å². The smallest absolute Gasteiger partial charge is 0.170 e. The van der Waals surface area contributed by atoms with Gasteiger partial charge in [-0.2, -0.15) is 0 Å². The molecule has 3 atom stereocenters. The standard InChI is InChI=1S/C24H31N3S/c1-3-14-25-24(28)26-18-12-13-22-21(15-18)19-6-4-5-7-20(19)23(27-22)17-10-8-16(2)9-11-17/h8-13,15,19-20,23,27H,3-7,14H2,1-2H3,(H2,25,26,28). The second kappa shape index (κ2) is 8.52. The molecule has 3 N–H and O–H groups in total. The van der Waals surface area contributed by atoms with Crippen molar-refractivity contribution in [3.8, 4) is 0 Å². The molecule has 0 bridgehead atoms. The lowest BCUT2D eigenvalue weighted by Crippen LogP contribution is -2.34. The third-order valence-corrected chi connectivity index (χ3v) is 6.49. The monoisotopic (exact) mass is 393 g/mol. The Kier molecular flexibility index (Phi) is 5.86. The van der Waals surface area contributed by atoms with Crippen molar-refractivity contribution < 1.29 is 0 Å². The lowest BCUT2D eigenvalue weighted by Gasteiger charge is -2.44. The molecule has 0 radical (unpaired) electrons. The highest BCUT2D eigenvalue weighted by atomic mass is 32.1. The van der Waals surface area contributed by atoms with E-state index in [2.05, 4.69) is 72.3 Å². The molecule has 148 valence electrons. The van der Waals surface area contributed by atoms with Crippen LogP contribution >= 0.6 is 12.2 Å². The Morgan fingerprint density at radius 3 is 2.68 bits per heavy atom. The number of rotatable bonds is 4. The fourth-order valence-corrected chi connectivity index (χ4v) is 5.04. The molecule has 3 nitrogen and oxygen atoms in total. The van der Waals surface area contributed by atoms with E-state index in [4.69, 9.17) is 12.2 Å². The second-order valence-electron chi connectivity index (χ2n) is 8.27. The van der Waals surface area contributed by atoms with E-state index < -0.39 is 0 Å². The first-order chi connectivity index (χ1) is 13.7. The van der Waals surface area contributed by atoms with Crippen molar-refractivity contribution >= 4 is 28.7 Å². The molecule has 4 rings (SSSR count). The van der Waals surface area contributed by atoms with Gasteiger partial charge in [-0.05, 0) is 79.6 Å². The lowest BCUT2D eigenvalue weighted by atomic mass is 9.68. The fourth-order valence-electron chi connectivity index (χ4n) is 4.82. The summed E-state index contributed by atoms with van der Waals surface area (Å²) >= 11 is 5.43. The van der Waals surface area contributed by atoms with Crippen molar-refractivity contribution in [3.05, 3.63) is 59.2 Å². The minimum absolute atomic E-state index is 0.407. The summed E-state index contributed by atoms with van der Waals surface area (Å²) in [6.07, 6.45) is 6.31. The molecular formula is C24H31N3S. The van der Waals surface area contributed by atoms with Gasteiger partial charge in [0.2, 0.25) is 0 Å². The Morgan fingerprint density at radius 1 is 1.11 bits per heavy atom. The molecule has 3 unspecified atom stereocenters. The molecule has 4 heteroatoms. The number of aryl methyl sites for hydroxylation is 1. The number of benzene rings is 2. The van der Waals surface area contributed by atoms with Crippen LogP contribution in [0.5, 0.6) is 0 Å². The minimum atomic E-state index is 0.407. The van der Waals surface area contributed by atoms with E-state index in [1.54, 1.807) is 0 Å². The molecule has 2 aromatic rings. The normalized spacial score (nSPS) is 23.1. The van der Waals surface area contributed by atoms with Crippen LogP contribution in [0, 0.1) is 12.8 Å². The van der Waals surface area contributed by atoms with Gasteiger partial charge in [-0.25, -0.2) is 0 Å². The van der Waals surface area contributed by atoms with Crippen LogP contribution in [0.25, 0.3) is 0 Å². The predicted octanol–water partition coefficient (Wildman–Crippen LogP) is 6.13. The van der Waals surface area contributed by atoms with E-state index in [1.807, 2.05) is 0 Å². The average Bonchev–Trinajstić information content (AvgIpc) is 2.72. The molecule has 1 aliphatic heterocycles. The first-order valence-electron chi connectivity index (χ1n) is 10.7. The van der Waals surface area contributed by atoms with Gasteiger partial charge in [-0.15, -0.1) is 0 Å². The highest BCUT2D eigenvalue weighted by Crippen LogP contribution is 2.51. The van der Waals surface area contributed by atoms with Gasteiger partial charge in [0.1, 0.15) is 0 Å². The van der Waals surface area contributed by atoms with Crippen molar-refractivity contribution in [3.63, 3.8) is 0 Å². The molecule has 1 heterocycles. The largest absolute Gasteiger partial charge is 0.378 e. The Hall–Kier alpha value is -2.07. The highest BCUT2D eigenvalue weighted by Gasteiger charge is 2.38. The summed E-state index contributed by atoms with van der Waals surface area (Å²) < 4.78 is 0. The second-order valence-corrected chi connectivity index (χ2v) is 8.68. The zero-order valence-corrected chi connectivity index (χ0v) is 17.7. The summed E-state index contributed by atoms with van der Waals surface area (Å²) in [4.78, 5) is 0. The van der Waals surface area contributed by atoms with Crippen LogP contribution in [0.3, 0.4) is 0 Å². The van der Waals surface area contributed by atoms with Crippen LogP contribution in [0.1, 0.15) is 67.7 Å². The maximum Gasteiger partial charge on any atom is 0.170 e. The third-order valence-electron chi connectivity index (χ3n) is 6.24. The van der Waals surface area contributed by atoms with Crippen molar-refractivity contribution in [1.82, 2.24) is 5.32 Å². The maximum absolute atomic E-state index is 5.43. The molecule has 2 aliphatic rings. The van der Waals surface area contributed by atoms with Gasteiger partial charge >= 0.3 is 0 Å². The topological polar surface area (TPSA) is 36.1 Å². The highest BCUT2D eigenvalue weighted by molar-refractivity contribution is 7.80. The molecule has 1 fully saturated rings. The van der Waals surface area contributed by atoms with E-state index in [1.165, 1.54) is 48.1 Å². The number of hydrogen-bond acceptors (Lipinski definition) is 2. The van der Waals surface area contributed by atoms with Gasteiger partial charge in [0.05, 0.1) is 6.04 Å². The number of thiocarbonyl (C=S) groups is 1. The van der Waals surface area contributed by atoms with Crippen molar-refractivity contribution in [2.75, 3.05) is 17.2 Å². The van der Waals surface area contributed by atoms with E-state index >= 15 is 0 Å². The molecule has 2 aromatic carbocycles. The van der Waals surface area contributed by atoms with Gasteiger partial charge in [-0.3, -0.25) is 0 Å². The van der Waals surface area contributed by atoms with Crippen LogP contribution in [0.4, 0.5) is 11.4 Å². The molecule has 1 aliphatic carbocycles. The zero-order valence-electron chi connectivity index (χ0n) is 16.9. The Morgan fingerprint density at radius 2 is 1.89 bits per heavy atom. The number of nitrogens with one attached hydrogen (secondary N) is 3. The van der Waals surface area contributed by atoms with Crippen molar-refractivity contribution in [1.29, 1.82) is 0 Å². The van der Waals surface area contributed by atoms with Gasteiger partial charge < -0.3 is 16.0 Å². The van der Waals surface area contributed by atoms with Crippen LogP contribution in [0.15, 0.2) is 42.5 Å². The molecule has 0 amide bonds. The Labute approximate surface area is 174 Å². The number of fused-ring (bicyclic) bond motifs is 3. The number of anilines is 2. The molecule has 28 heavy (non-hydrogen) atoms. The summed E-state index contributed by atoms with van der Waals surface area (Å²) in [6, 6.07) is 16.2. The molecular weight excluding hydrogens is 362 g/mol. The van der Waals surface area contributed by atoms with Gasteiger partial charge in [0.15, 0.2) is 5.11 Å². The minimum Gasteiger partial charge on any atom is -0.378 e. The molecule has 0 spiro atoms. The number of hydrogen-bond donors (Lipinski definition) is 3. The quantitative estimate of drug-likeness (QED) is 0.546. The van der Waals surface area contributed by atoms with E-state index in [0.29, 0.717) is 23.0 Å². The van der Waals surface area contributed by atoms with Gasteiger partial charge in [-0.1, -0.05) is 49.6 Å². The van der Waals surface area contributed by atoms with Crippen LogP contribution < -0.4 is 16.0 Å². The maximum atomic E-state index is 5.43. The van der Waals surface area contributed by atoms with Crippen LogP contribution in [-0.4, -0.2) is 11.7 Å². The lowest BCUT2D eigenvalue weighted by molar-refractivity contribution is 0.265. The Balaban J connectivity index is 1.61. The average molecular weight is 394 g/mol. The summed E-state index contributed by atoms with van der Waals surface area (Å²) in [7, 11) is 0. The van der Waals surface area contributed by atoms with Crippen LogP contribution in [0.2, 0.25) is 0 Å². The summed E-state index contributed by atoms with van der Waals surface area (Å²) in [5, 5.41) is 11.2. The van der Waals surface area contributed by atoms with Gasteiger partial charge in [0.25, 0.3) is 0 Å². The van der Waals surface area contributed by atoms with Crippen molar-refractivity contribution in [2.45, 2.75) is 57.9 Å². The van der Waals surface area contributed by atoms with Gasteiger partial charge in [0, 0.05) is 17.9 Å². The molecule has 1 saturated carbocycles. The summed E-state index contributed by atoms with van der Waals surface area (Å²) in [5.41, 5.74) is 6.57. The third kappa shape index (κ3) is 4.02. The van der Waals surface area contributed by atoms with Crippen molar-refractivity contribution in [2.24, 2.45) is 5.92 Å². The first kappa shape index (κ1) is 19.3. The zero-order chi connectivity index (χ0) is 19.5. The molecule has 0 saturated heterocycles. The van der Waals surface area contributed by atoms with E-state index in [9.17, 15) is 0 Å². The van der Waals surface area contributed by atoms with Crippen LogP contribution in [-0.2, 0) is 0 Å². The summed E-state index contributed by atoms with van der Waals surface area (Å²) in [5.74, 6) is 1.28. The van der Waals surface area contributed by atoms with E-state index in [-0.39, 0.29) is 0 Å². The Bertz CT molecular complexity index is 830. The fraction of sp³-hybridized carbons (Fsp3) is 0.458. The molecule has 0 aromatic heterocycles. The predicted molar refractivity (Wildman–Crippen MR) is 123 cm³/mol. The SMILES string of the molecule is CCCNC(=S)Nc1ccc2c(c1)C1CCCCC1C(c1ccc(C)cc1)N2. The summed E-state index contributed by atoms with van der Waals surface area (Å²) in [6.45, 7) is 5.21.